The smallest absolute Gasteiger partial charge is 0.410 e. The Hall–Kier alpha value is -1.19. The molecule has 0 aromatic carbocycles. The van der Waals surface area contributed by atoms with Crippen LogP contribution in [0.25, 0.3) is 0 Å². The predicted molar refractivity (Wildman–Crippen MR) is 73.4 cm³/mol. The van der Waals surface area contributed by atoms with Crippen LogP contribution in [-0.4, -0.2) is 47.7 Å². The van der Waals surface area contributed by atoms with Gasteiger partial charge in [0.25, 0.3) is 0 Å². The maximum absolute atomic E-state index is 11.8. The molecule has 18 heavy (non-hydrogen) atoms. The molecule has 0 N–H and O–H groups in total. The molecule has 1 rings (SSSR count). The largest absolute Gasteiger partial charge is 0.444 e. The molecule has 4 nitrogen and oxygen atoms in total. The molecule has 0 aromatic rings. The molecule has 0 radical (unpaired) electrons. The molecule has 1 fully saturated rings. The third-order valence-corrected chi connectivity index (χ3v) is 2.74. The Morgan fingerprint density at radius 2 is 1.83 bits per heavy atom. The van der Waals surface area contributed by atoms with Crippen LogP contribution in [0.15, 0.2) is 12.3 Å². The zero-order valence-corrected chi connectivity index (χ0v) is 12.1. The van der Waals surface area contributed by atoms with Crippen molar-refractivity contribution in [3.8, 4) is 0 Å². The van der Waals surface area contributed by atoms with Crippen molar-refractivity contribution in [1.29, 1.82) is 0 Å². The van der Waals surface area contributed by atoms with Crippen LogP contribution in [0.4, 0.5) is 4.79 Å². The summed E-state index contributed by atoms with van der Waals surface area (Å²) in [4.78, 5) is 15.9. The summed E-state index contributed by atoms with van der Waals surface area (Å²) < 4.78 is 5.36. The van der Waals surface area contributed by atoms with E-state index in [0.29, 0.717) is 0 Å². The zero-order valence-electron chi connectivity index (χ0n) is 12.1. The van der Waals surface area contributed by atoms with Crippen LogP contribution in [0.5, 0.6) is 0 Å². The molecule has 1 heterocycles. The van der Waals surface area contributed by atoms with E-state index in [2.05, 4.69) is 24.1 Å². The summed E-state index contributed by atoms with van der Waals surface area (Å²) in [5.41, 5.74) is -0.407. The van der Waals surface area contributed by atoms with Gasteiger partial charge in [-0.05, 0) is 33.4 Å². The minimum absolute atomic E-state index is 0.195. The Morgan fingerprint density at radius 1 is 1.22 bits per heavy atom. The molecule has 0 spiro atoms. The number of ether oxygens (including phenoxy) is 1. The lowest BCUT2D eigenvalue weighted by Gasteiger charge is -2.35. The first-order chi connectivity index (χ1) is 8.42. The van der Waals surface area contributed by atoms with Gasteiger partial charge in [0.1, 0.15) is 5.60 Å². The van der Waals surface area contributed by atoms with Gasteiger partial charge >= 0.3 is 6.09 Å². The summed E-state index contributed by atoms with van der Waals surface area (Å²) in [7, 11) is 0. The predicted octanol–water partition coefficient (Wildman–Crippen LogP) is 2.85. The average molecular weight is 254 g/mol. The Balaban J connectivity index is 2.33. The van der Waals surface area contributed by atoms with E-state index in [1.807, 2.05) is 20.8 Å². The maximum Gasteiger partial charge on any atom is 0.410 e. The van der Waals surface area contributed by atoms with E-state index in [-0.39, 0.29) is 6.09 Å². The first kappa shape index (κ1) is 14.9. The van der Waals surface area contributed by atoms with E-state index >= 15 is 0 Å². The Morgan fingerprint density at radius 3 is 2.33 bits per heavy atom. The monoisotopic (exact) mass is 254 g/mol. The highest BCUT2D eigenvalue weighted by atomic mass is 16.6. The van der Waals surface area contributed by atoms with Gasteiger partial charge < -0.3 is 14.5 Å². The Labute approximate surface area is 111 Å². The first-order valence-electron chi connectivity index (χ1n) is 6.81. The molecule has 0 unspecified atom stereocenters. The van der Waals surface area contributed by atoms with Gasteiger partial charge in [0.2, 0.25) is 0 Å². The summed E-state index contributed by atoms with van der Waals surface area (Å²) in [6.07, 6.45) is 6.44. The summed E-state index contributed by atoms with van der Waals surface area (Å²) >= 11 is 0. The average Bonchev–Trinajstić information content (AvgIpc) is 2.28. The van der Waals surface area contributed by atoms with Gasteiger partial charge in [0, 0.05) is 26.2 Å². The second kappa shape index (κ2) is 6.66. The Kier molecular flexibility index (Phi) is 5.51. The molecule has 104 valence electrons. The highest BCUT2D eigenvalue weighted by Crippen LogP contribution is 2.12. The number of carbonyl (C=O) groups excluding carboxylic acids is 1. The number of allylic oxidation sites excluding steroid dienone is 1. The number of rotatable bonds is 3. The summed E-state index contributed by atoms with van der Waals surface area (Å²) in [5.74, 6) is 0. The van der Waals surface area contributed by atoms with Crippen molar-refractivity contribution in [2.45, 2.75) is 46.1 Å². The number of hydrogen-bond donors (Lipinski definition) is 0. The lowest BCUT2D eigenvalue weighted by molar-refractivity contribution is 0.0176. The molecule has 1 amide bonds. The van der Waals surface area contributed by atoms with Crippen molar-refractivity contribution in [3.63, 3.8) is 0 Å². The highest BCUT2D eigenvalue weighted by Gasteiger charge is 2.24. The second-order valence-electron chi connectivity index (χ2n) is 5.68. The van der Waals surface area contributed by atoms with Crippen molar-refractivity contribution in [3.05, 3.63) is 12.3 Å². The topological polar surface area (TPSA) is 32.8 Å². The molecule has 1 aliphatic heterocycles. The van der Waals surface area contributed by atoms with Crippen LogP contribution < -0.4 is 0 Å². The van der Waals surface area contributed by atoms with Crippen LogP contribution in [0, 0.1) is 0 Å². The van der Waals surface area contributed by atoms with E-state index in [4.69, 9.17) is 4.74 Å². The summed E-state index contributed by atoms with van der Waals surface area (Å²) in [6, 6.07) is 0. The molecule has 0 atom stereocenters. The van der Waals surface area contributed by atoms with Gasteiger partial charge in [-0.2, -0.15) is 0 Å². The molecular formula is C14H26N2O2. The van der Waals surface area contributed by atoms with Gasteiger partial charge in [-0.15, -0.1) is 0 Å². The minimum Gasteiger partial charge on any atom is -0.444 e. The van der Waals surface area contributed by atoms with E-state index in [1.165, 1.54) is 6.42 Å². The molecule has 4 heteroatoms. The van der Waals surface area contributed by atoms with Gasteiger partial charge in [-0.25, -0.2) is 4.79 Å². The zero-order chi connectivity index (χ0) is 13.6. The first-order valence-corrected chi connectivity index (χ1v) is 6.81. The summed E-state index contributed by atoms with van der Waals surface area (Å²) in [5, 5.41) is 0. The lowest BCUT2D eigenvalue weighted by atomic mass is 10.2. The van der Waals surface area contributed by atoms with Gasteiger partial charge in [-0.1, -0.05) is 19.4 Å². The van der Waals surface area contributed by atoms with Crippen LogP contribution in [0.1, 0.15) is 40.5 Å². The molecular weight excluding hydrogens is 228 g/mol. The maximum atomic E-state index is 11.8. The number of amides is 1. The molecule has 0 saturated carbocycles. The lowest BCUT2D eigenvalue weighted by Crippen LogP contribution is -2.48. The Bertz CT molecular complexity index is 287. The third-order valence-electron chi connectivity index (χ3n) is 2.74. The van der Waals surface area contributed by atoms with Crippen molar-refractivity contribution in [2.75, 3.05) is 26.2 Å². The third kappa shape index (κ3) is 5.43. The fraction of sp³-hybridized carbons (Fsp3) is 0.786. The standard InChI is InChI=1S/C14H26N2O2/c1-5-6-7-8-15-9-11-16(12-10-15)13(17)18-14(2,3)4/h7-8H,5-6,9-12H2,1-4H3/b8-7+. The highest BCUT2D eigenvalue weighted by molar-refractivity contribution is 5.68. The fourth-order valence-corrected chi connectivity index (χ4v) is 1.77. The van der Waals surface area contributed by atoms with E-state index in [9.17, 15) is 4.79 Å². The van der Waals surface area contributed by atoms with Crippen molar-refractivity contribution < 1.29 is 9.53 Å². The minimum atomic E-state index is -0.407. The van der Waals surface area contributed by atoms with Crippen molar-refractivity contribution in [2.24, 2.45) is 0 Å². The molecule has 1 aliphatic rings. The van der Waals surface area contributed by atoms with E-state index in [1.54, 1.807) is 4.90 Å². The van der Waals surface area contributed by atoms with E-state index < -0.39 is 5.60 Å². The van der Waals surface area contributed by atoms with Crippen LogP contribution in [0.3, 0.4) is 0 Å². The van der Waals surface area contributed by atoms with Gasteiger partial charge in [-0.3, -0.25) is 0 Å². The summed E-state index contributed by atoms with van der Waals surface area (Å²) in [6.45, 7) is 11.1. The molecule has 0 aromatic heterocycles. The molecule has 1 saturated heterocycles. The number of hydrogen-bond acceptors (Lipinski definition) is 3. The van der Waals surface area contributed by atoms with Crippen molar-refractivity contribution >= 4 is 6.09 Å². The van der Waals surface area contributed by atoms with Gasteiger partial charge in [0.15, 0.2) is 0 Å². The number of piperazine rings is 1. The fourth-order valence-electron chi connectivity index (χ4n) is 1.77. The second-order valence-corrected chi connectivity index (χ2v) is 5.68. The quantitative estimate of drug-likeness (QED) is 0.776. The number of unbranched alkanes of at least 4 members (excludes halogenated alkanes) is 1. The SMILES string of the molecule is CCC/C=C/N1CCN(C(=O)OC(C)(C)C)CC1. The number of nitrogens with zero attached hydrogens (tertiary/aromatic N) is 2. The van der Waals surface area contributed by atoms with Crippen LogP contribution in [0.2, 0.25) is 0 Å². The van der Waals surface area contributed by atoms with E-state index in [0.717, 1.165) is 32.6 Å². The van der Waals surface area contributed by atoms with Crippen LogP contribution in [-0.2, 0) is 4.74 Å². The normalized spacial score (nSPS) is 17.3. The molecule has 0 aliphatic carbocycles. The molecule has 0 bridgehead atoms. The van der Waals surface area contributed by atoms with Gasteiger partial charge in [0.05, 0.1) is 0 Å². The van der Waals surface area contributed by atoms with Crippen LogP contribution >= 0.6 is 0 Å². The van der Waals surface area contributed by atoms with Crippen molar-refractivity contribution in [1.82, 2.24) is 9.80 Å². The number of carbonyl (C=O) groups is 1.